The van der Waals surface area contributed by atoms with Crippen LogP contribution in [0.3, 0.4) is 0 Å². The normalized spacial score (nSPS) is 24.1. The number of hydrogen-bond acceptors (Lipinski definition) is 4. The first-order valence-corrected chi connectivity index (χ1v) is 6.15. The van der Waals surface area contributed by atoms with Crippen molar-refractivity contribution in [2.75, 3.05) is 26.2 Å². The maximum absolute atomic E-state index is 11.6. The van der Waals surface area contributed by atoms with Crippen LogP contribution in [0.25, 0.3) is 0 Å². The molecule has 2 rings (SSSR count). The molecule has 2 amide bonds. The second-order valence-corrected chi connectivity index (χ2v) is 4.45. The van der Waals surface area contributed by atoms with E-state index in [0.29, 0.717) is 32.2 Å². The van der Waals surface area contributed by atoms with Crippen molar-refractivity contribution in [1.82, 2.24) is 16.0 Å². The molecule has 6 nitrogen and oxygen atoms in total. The zero-order chi connectivity index (χ0) is 12.1. The number of morpholine rings is 1. The lowest BCUT2D eigenvalue weighted by Crippen LogP contribution is -2.48. The Morgan fingerprint density at radius 1 is 1.35 bits per heavy atom. The Bertz CT molecular complexity index is 286. The standard InChI is InChI=1S/C11H19N3O3/c15-10(14-8-1-2-8)3-4-13-11(16)9-7-12-5-6-17-9/h8-9,12H,1-7H2,(H,13,16)(H,14,15). The third-order valence-electron chi connectivity index (χ3n) is 2.81. The average Bonchev–Trinajstić information content (AvgIpc) is 3.14. The summed E-state index contributed by atoms with van der Waals surface area (Å²) in [5.41, 5.74) is 0. The van der Waals surface area contributed by atoms with Crippen molar-refractivity contribution in [3.05, 3.63) is 0 Å². The monoisotopic (exact) mass is 241 g/mol. The van der Waals surface area contributed by atoms with Crippen LogP contribution < -0.4 is 16.0 Å². The van der Waals surface area contributed by atoms with Crippen LogP contribution in [0.4, 0.5) is 0 Å². The highest BCUT2D eigenvalue weighted by atomic mass is 16.5. The number of amides is 2. The van der Waals surface area contributed by atoms with E-state index in [1.807, 2.05) is 0 Å². The summed E-state index contributed by atoms with van der Waals surface area (Å²) in [7, 11) is 0. The van der Waals surface area contributed by atoms with Crippen molar-refractivity contribution in [3.63, 3.8) is 0 Å². The van der Waals surface area contributed by atoms with E-state index in [2.05, 4.69) is 16.0 Å². The molecule has 0 bridgehead atoms. The molecule has 1 aliphatic carbocycles. The van der Waals surface area contributed by atoms with Crippen molar-refractivity contribution < 1.29 is 14.3 Å². The molecule has 0 aromatic heterocycles. The van der Waals surface area contributed by atoms with Crippen molar-refractivity contribution >= 4 is 11.8 Å². The Balaban J connectivity index is 1.56. The van der Waals surface area contributed by atoms with Gasteiger partial charge in [-0.15, -0.1) is 0 Å². The van der Waals surface area contributed by atoms with E-state index in [9.17, 15) is 9.59 Å². The molecule has 96 valence electrons. The largest absolute Gasteiger partial charge is 0.366 e. The lowest BCUT2D eigenvalue weighted by Gasteiger charge is -2.22. The molecule has 17 heavy (non-hydrogen) atoms. The zero-order valence-electron chi connectivity index (χ0n) is 9.83. The van der Waals surface area contributed by atoms with Gasteiger partial charge in [0.15, 0.2) is 0 Å². The van der Waals surface area contributed by atoms with Crippen molar-refractivity contribution in [1.29, 1.82) is 0 Å². The SMILES string of the molecule is O=C(CCNC(=O)C1CNCCO1)NC1CC1. The molecule has 3 N–H and O–H groups in total. The molecular formula is C11H19N3O3. The molecule has 1 saturated heterocycles. The highest BCUT2D eigenvalue weighted by molar-refractivity contribution is 5.82. The maximum Gasteiger partial charge on any atom is 0.250 e. The molecule has 2 aliphatic rings. The smallest absolute Gasteiger partial charge is 0.250 e. The molecule has 1 atom stereocenters. The van der Waals surface area contributed by atoms with Gasteiger partial charge in [0.2, 0.25) is 11.8 Å². The van der Waals surface area contributed by atoms with E-state index in [4.69, 9.17) is 4.74 Å². The molecule has 1 heterocycles. The minimum absolute atomic E-state index is 0.00971. The van der Waals surface area contributed by atoms with Crippen molar-refractivity contribution in [3.8, 4) is 0 Å². The van der Waals surface area contributed by atoms with Gasteiger partial charge in [0.1, 0.15) is 6.10 Å². The van der Waals surface area contributed by atoms with Gasteiger partial charge >= 0.3 is 0 Å². The summed E-state index contributed by atoms with van der Waals surface area (Å²) in [5.74, 6) is -0.132. The minimum atomic E-state index is -0.421. The number of nitrogens with one attached hydrogen (secondary N) is 3. The predicted octanol–water partition coefficient (Wildman–Crippen LogP) is -1.24. The zero-order valence-corrected chi connectivity index (χ0v) is 9.83. The second kappa shape index (κ2) is 5.97. The molecule has 2 fully saturated rings. The van der Waals surface area contributed by atoms with Crippen LogP contribution in [0, 0.1) is 0 Å². The molecule has 0 aromatic carbocycles. The van der Waals surface area contributed by atoms with E-state index >= 15 is 0 Å². The summed E-state index contributed by atoms with van der Waals surface area (Å²) < 4.78 is 5.30. The van der Waals surface area contributed by atoms with Gasteiger partial charge in [0.25, 0.3) is 0 Å². The van der Waals surface area contributed by atoms with E-state index in [0.717, 1.165) is 19.4 Å². The van der Waals surface area contributed by atoms with Gasteiger partial charge < -0.3 is 20.7 Å². The second-order valence-electron chi connectivity index (χ2n) is 4.45. The fourth-order valence-electron chi connectivity index (χ4n) is 1.67. The van der Waals surface area contributed by atoms with Gasteiger partial charge in [-0.3, -0.25) is 9.59 Å². The number of carbonyl (C=O) groups is 2. The van der Waals surface area contributed by atoms with Gasteiger partial charge in [-0.1, -0.05) is 0 Å². The highest BCUT2D eigenvalue weighted by Crippen LogP contribution is 2.18. The van der Waals surface area contributed by atoms with Crippen LogP contribution in [0.5, 0.6) is 0 Å². The van der Waals surface area contributed by atoms with Crippen LogP contribution in [0.2, 0.25) is 0 Å². The summed E-state index contributed by atoms with van der Waals surface area (Å²) in [6.45, 7) is 2.26. The molecule has 0 aromatic rings. The van der Waals surface area contributed by atoms with Crippen LogP contribution in [0.1, 0.15) is 19.3 Å². The Hall–Kier alpha value is -1.14. The van der Waals surface area contributed by atoms with E-state index in [1.165, 1.54) is 0 Å². The summed E-state index contributed by atoms with van der Waals surface area (Å²) in [6.07, 6.45) is 2.08. The fraction of sp³-hybridized carbons (Fsp3) is 0.818. The fourth-order valence-corrected chi connectivity index (χ4v) is 1.67. The number of carbonyl (C=O) groups excluding carboxylic acids is 2. The minimum Gasteiger partial charge on any atom is -0.366 e. The number of ether oxygens (including phenoxy) is 1. The summed E-state index contributed by atoms with van der Waals surface area (Å²) in [5, 5.41) is 8.67. The van der Waals surface area contributed by atoms with Crippen molar-refractivity contribution in [2.45, 2.75) is 31.4 Å². The third kappa shape index (κ3) is 4.32. The van der Waals surface area contributed by atoms with Crippen LogP contribution in [0.15, 0.2) is 0 Å². The van der Waals surface area contributed by atoms with Gasteiger partial charge in [-0.05, 0) is 12.8 Å². The van der Waals surface area contributed by atoms with Gasteiger partial charge in [0, 0.05) is 32.1 Å². The quantitative estimate of drug-likeness (QED) is 0.562. The van der Waals surface area contributed by atoms with Crippen LogP contribution in [-0.2, 0) is 14.3 Å². The molecule has 0 spiro atoms. The van der Waals surface area contributed by atoms with Crippen LogP contribution in [-0.4, -0.2) is 50.2 Å². The first-order chi connectivity index (χ1) is 8.25. The van der Waals surface area contributed by atoms with E-state index in [1.54, 1.807) is 0 Å². The maximum atomic E-state index is 11.6. The Morgan fingerprint density at radius 2 is 2.18 bits per heavy atom. The van der Waals surface area contributed by atoms with E-state index in [-0.39, 0.29) is 11.8 Å². The first-order valence-electron chi connectivity index (χ1n) is 6.15. The van der Waals surface area contributed by atoms with E-state index < -0.39 is 6.10 Å². The molecule has 0 radical (unpaired) electrons. The van der Waals surface area contributed by atoms with Gasteiger partial charge in [-0.25, -0.2) is 0 Å². The highest BCUT2D eigenvalue weighted by Gasteiger charge is 2.24. The number of rotatable bonds is 5. The Morgan fingerprint density at radius 3 is 2.82 bits per heavy atom. The first kappa shape index (κ1) is 12.3. The van der Waals surface area contributed by atoms with Gasteiger partial charge in [-0.2, -0.15) is 0 Å². The Kier molecular flexibility index (Phi) is 4.33. The summed E-state index contributed by atoms with van der Waals surface area (Å²) in [6, 6.07) is 0.379. The molecular weight excluding hydrogens is 222 g/mol. The number of hydrogen-bond donors (Lipinski definition) is 3. The van der Waals surface area contributed by atoms with Gasteiger partial charge in [0.05, 0.1) is 6.61 Å². The molecule has 1 saturated carbocycles. The Labute approximate surface area is 100 Å². The van der Waals surface area contributed by atoms with Crippen LogP contribution >= 0.6 is 0 Å². The lowest BCUT2D eigenvalue weighted by atomic mass is 10.3. The summed E-state index contributed by atoms with van der Waals surface area (Å²) in [4.78, 5) is 23.0. The molecule has 6 heteroatoms. The third-order valence-corrected chi connectivity index (χ3v) is 2.81. The summed E-state index contributed by atoms with van der Waals surface area (Å²) >= 11 is 0. The van der Waals surface area contributed by atoms with Crippen molar-refractivity contribution in [2.24, 2.45) is 0 Å². The predicted molar refractivity (Wildman–Crippen MR) is 61.4 cm³/mol. The molecule has 1 aliphatic heterocycles. The topological polar surface area (TPSA) is 79.5 Å². The molecule has 1 unspecified atom stereocenters. The lowest BCUT2D eigenvalue weighted by molar-refractivity contribution is -0.134. The average molecular weight is 241 g/mol.